The first kappa shape index (κ1) is 10.7. The van der Waals surface area contributed by atoms with Gasteiger partial charge in [0, 0.05) is 11.9 Å². The van der Waals surface area contributed by atoms with Gasteiger partial charge >= 0.3 is 0 Å². The number of nitrogens with zero attached hydrogens (tertiary/aromatic N) is 2. The van der Waals surface area contributed by atoms with E-state index in [0.717, 1.165) is 23.0 Å². The fourth-order valence-electron chi connectivity index (χ4n) is 1.04. The van der Waals surface area contributed by atoms with Crippen molar-refractivity contribution >= 4 is 28.1 Å². The summed E-state index contributed by atoms with van der Waals surface area (Å²) in [7, 11) is 0. The van der Waals surface area contributed by atoms with Crippen molar-refractivity contribution < 1.29 is 0 Å². The molecule has 1 unspecified atom stereocenters. The molecule has 0 saturated heterocycles. The van der Waals surface area contributed by atoms with Crippen LogP contribution in [0.4, 0.5) is 5.13 Å². The number of halogens is 1. The fraction of sp³-hybridized carbons (Fsp3) is 0.750. The van der Waals surface area contributed by atoms with Crippen molar-refractivity contribution in [2.75, 3.05) is 11.2 Å². The Labute approximate surface area is 87.5 Å². The highest BCUT2D eigenvalue weighted by molar-refractivity contribution is 7.15. The Morgan fingerprint density at radius 2 is 2.31 bits per heavy atom. The third-order valence-corrected chi connectivity index (χ3v) is 2.79. The highest BCUT2D eigenvalue weighted by Gasteiger charge is 2.07. The van der Waals surface area contributed by atoms with Crippen LogP contribution in [-0.4, -0.2) is 22.1 Å². The van der Waals surface area contributed by atoms with Crippen molar-refractivity contribution in [3.63, 3.8) is 0 Å². The standard InChI is InChI=1S/C8H14ClN3S/c1-3-7(4-5-9)10-8-12-11-6(2)13-8/h7H,3-5H2,1-2H3,(H,10,12). The van der Waals surface area contributed by atoms with Crippen LogP contribution in [0, 0.1) is 6.92 Å². The molecule has 1 aromatic rings. The summed E-state index contributed by atoms with van der Waals surface area (Å²) in [4.78, 5) is 0. The Bertz CT molecular complexity index is 251. The zero-order valence-electron chi connectivity index (χ0n) is 7.88. The lowest BCUT2D eigenvalue weighted by molar-refractivity contribution is 0.673. The van der Waals surface area contributed by atoms with Crippen LogP contribution in [0.1, 0.15) is 24.8 Å². The number of nitrogens with one attached hydrogen (secondary N) is 1. The third-order valence-electron chi connectivity index (χ3n) is 1.80. The minimum atomic E-state index is 0.421. The normalized spacial score (nSPS) is 12.8. The summed E-state index contributed by atoms with van der Waals surface area (Å²) in [5, 5.41) is 13.1. The van der Waals surface area contributed by atoms with Crippen LogP contribution in [0.5, 0.6) is 0 Å². The van der Waals surface area contributed by atoms with Crippen LogP contribution in [0.3, 0.4) is 0 Å². The van der Waals surface area contributed by atoms with Gasteiger partial charge in [0.1, 0.15) is 5.01 Å². The topological polar surface area (TPSA) is 37.8 Å². The lowest BCUT2D eigenvalue weighted by Crippen LogP contribution is -2.18. The SMILES string of the molecule is CCC(CCCl)Nc1nnc(C)s1. The quantitative estimate of drug-likeness (QED) is 0.774. The number of hydrogen-bond acceptors (Lipinski definition) is 4. The van der Waals surface area contributed by atoms with Gasteiger partial charge in [0.05, 0.1) is 0 Å². The summed E-state index contributed by atoms with van der Waals surface area (Å²) >= 11 is 7.25. The summed E-state index contributed by atoms with van der Waals surface area (Å²) < 4.78 is 0. The maximum atomic E-state index is 5.67. The minimum Gasteiger partial charge on any atom is -0.357 e. The largest absolute Gasteiger partial charge is 0.357 e. The number of anilines is 1. The lowest BCUT2D eigenvalue weighted by Gasteiger charge is -2.13. The van der Waals surface area contributed by atoms with Gasteiger partial charge in [-0.05, 0) is 19.8 Å². The molecule has 1 aromatic heterocycles. The zero-order chi connectivity index (χ0) is 9.68. The summed E-state index contributed by atoms with van der Waals surface area (Å²) in [6.45, 7) is 4.09. The predicted molar refractivity (Wildman–Crippen MR) is 57.7 cm³/mol. The molecule has 0 fully saturated rings. The second-order valence-corrected chi connectivity index (χ2v) is 4.41. The van der Waals surface area contributed by atoms with Gasteiger partial charge < -0.3 is 5.32 Å². The van der Waals surface area contributed by atoms with Crippen molar-refractivity contribution in [1.29, 1.82) is 0 Å². The Morgan fingerprint density at radius 3 is 2.77 bits per heavy atom. The zero-order valence-corrected chi connectivity index (χ0v) is 9.45. The minimum absolute atomic E-state index is 0.421. The number of aryl methyl sites for hydroxylation is 1. The fourth-order valence-corrected chi connectivity index (χ4v) is 1.97. The van der Waals surface area contributed by atoms with E-state index in [1.807, 2.05) is 6.92 Å². The molecule has 1 rings (SSSR count). The molecule has 0 aliphatic carbocycles. The summed E-state index contributed by atoms with van der Waals surface area (Å²) in [6, 6.07) is 0.421. The summed E-state index contributed by atoms with van der Waals surface area (Å²) in [6.07, 6.45) is 2.03. The van der Waals surface area contributed by atoms with E-state index >= 15 is 0 Å². The van der Waals surface area contributed by atoms with Gasteiger partial charge in [0.2, 0.25) is 5.13 Å². The van der Waals surface area contributed by atoms with Crippen LogP contribution >= 0.6 is 22.9 Å². The monoisotopic (exact) mass is 219 g/mol. The first-order valence-electron chi connectivity index (χ1n) is 4.39. The van der Waals surface area contributed by atoms with E-state index in [2.05, 4.69) is 22.4 Å². The molecule has 1 N–H and O–H groups in total. The van der Waals surface area contributed by atoms with Gasteiger partial charge in [-0.3, -0.25) is 0 Å². The molecule has 0 radical (unpaired) electrons. The predicted octanol–water partition coefficient (Wildman–Crippen LogP) is 2.67. The highest BCUT2D eigenvalue weighted by Crippen LogP contribution is 2.16. The van der Waals surface area contributed by atoms with Gasteiger partial charge in [-0.1, -0.05) is 18.3 Å². The molecule has 0 aliphatic heterocycles. The van der Waals surface area contributed by atoms with Crippen molar-refractivity contribution in [2.24, 2.45) is 0 Å². The van der Waals surface area contributed by atoms with E-state index in [9.17, 15) is 0 Å². The van der Waals surface area contributed by atoms with E-state index in [1.54, 1.807) is 11.3 Å². The Hall–Kier alpha value is -0.350. The molecule has 0 bridgehead atoms. The van der Waals surface area contributed by atoms with Gasteiger partial charge in [0.25, 0.3) is 0 Å². The molecule has 1 heterocycles. The first-order chi connectivity index (χ1) is 6.26. The van der Waals surface area contributed by atoms with Crippen LogP contribution in [0.15, 0.2) is 0 Å². The van der Waals surface area contributed by atoms with E-state index in [1.165, 1.54) is 0 Å². The molecular formula is C8H14ClN3S. The number of rotatable bonds is 5. The van der Waals surface area contributed by atoms with Crippen LogP contribution < -0.4 is 5.32 Å². The Kier molecular flexibility index (Phi) is 4.45. The van der Waals surface area contributed by atoms with Crippen molar-refractivity contribution in [3.05, 3.63) is 5.01 Å². The van der Waals surface area contributed by atoms with E-state index in [-0.39, 0.29) is 0 Å². The van der Waals surface area contributed by atoms with Crippen LogP contribution in [0.2, 0.25) is 0 Å². The average molecular weight is 220 g/mol. The highest BCUT2D eigenvalue weighted by atomic mass is 35.5. The molecule has 5 heteroatoms. The smallest absolute Gasteiger partial charge is 0.205 e. The van der Waals surface area contributed by atoms with Crippen LogP contribution in [0.25, 0.3) is 0 Å². The molecule has 0 saturated carbocycles. The van der Waals surface area contributed by atoms with Crippen LogP contribution in [-0.2, 0) is 0 Å². The van der Waals surface area contributed by atoms with E-state index in [0.29, 0.717) is 11.9 Å². The number of hydrogen-bond donors (Lipinski definition) is 1. The van der Waals surface area contributed by atoms with Crippen molar-refractivity contribution in [1.82, 2.24) is 10.2 Å². The first-order valence-corrected chi connectivity index (χ1v) is 5.74. The van der Waals surface area contributed by atoms with Gasteiger partial charge in [0.15, 0.2) is 0 Å². The van der Waals surface area contributed by atoms with Gasteiger partial charge in [-0.2, -0.15) is 0 Å². The molecule has 0 aliphatic rings. The van der Waals surface area contributed by atoms with Gasteiger partial charge in [-0.25, -0.2) is 0 Å². The number of aromatic nitrogens is 2. The molecule has 0 spiro atoms. The molecule has 13 heavy (non-hydrogen) atoms. The lowest BCUT2D eigenvalue weighted by atomic mass is 10.2. The summed E-state index contributed by atoms with van der Waals surface area (Å²) in [5.41, 5.74) is 0. The molecule has 74 valence electrons. The Balaban J connectivity index is 2.46. The van der Waals surface area contributed by atoms with Crippen molar-refractivity contribution in [2.45, 2.75) is 32.7 Å². The number of alkyl halides is 1. The second-order valence-electron chi connectivity index (χ2n) is 2.85. The molecule has 0 aromatic carbocycles. The second kappa shape index (κ2) is 5.40. The average Bonchev–Trinajstić information content (AvgIpc) is 2.50. The van der Waals surface area contributed by atoms with Gasteiger partial charge in [-0.15, -0.1) is 21.8 Å². The third kappa shape index (κ3) is 3.48. The maximum absolute atomic E-state index is 5.67. The van der Waals surface area contributed by atoms with E-state index in [4.69, 9.17) is 11.6 Å². The summed E-state index contributed by atoms with van der Waals surface area (Å²) in [5.74, 6) is 0.684. The maximum Gasteiger partial charge on any atom is 0.205 e. The Morgan fingerprint density at radius 1 is 1.54 bits per heavy atom. The molecule has 0 amide bonds. The molecular weight excluding hydrogens is 206 g/mol. The molecule has 1 atom stereocenters. The van der Waals surface area contributed by atoms with E-state index < -0.39 is 0 Å². The van der Waals surface area contributed by atoms with Crippen molar-refractivity contribution in [3.8, 4) is 0 Å². The molecule has 3 nitrogen and oxygen atoms in total.